The van der Waals surface area contributed by atoms with Crippen molar-refractivity contribution in [1.29, 1.82) is 0 Å². The lowest BCUT2D eigenvalue weighted by atomic mass is 10.4. The van der Waals surface area contributed by atoms with E-state index in [4.69, 9.17) is 12.2 Å². The van der Waals surface area contributed by atoms with Crippen LogP contribution in [0.5, 0.6) is 0 Å². The van der Waals surface area contributed by atoms with Crippen molar-refractivity contribution in [3.8, 4) is 0 Å². The lowest BCUT2D eigenvalue weighted by molar-refractivity contribution is 1.16. The Morgan fingerprint density at radius 3 is 2.77 bits per heavy atom. The molecule has 1 rings (SSSR count). The first kappa shape index (κ1) is 10.4. The predicted octanol–water partition coefficient (Wildman–Crippen LogP) is 2.07. The van der Waals surface area contributed by atoms with Crippen LogP contribution in [0, 0.1) is 6.92 Å². The molecule has 0 aromatic carbocycles. The molecule has 1 aromatic rings. The fraction of sp³-hybridized carbons (Fsp3) is 0.250. The van der Waals surface area contributed by atoms with E-state index in [-0.39, 0.29) is 0 Å². The molecule has 0 aliphatic heterocycles. The Hall–Kier alpha value is -0.680. The number of anilines is 1. The molecular formula is C8H10BrN3S. The average Bonchev–Trinajstić information content (AvgIpc) is 2.11. The molecule has 70 valence electrons. The molecule has 0 radical (unpaired) electrons. The van der Waals surface area contributed by atoms with Gasteiger partial charge in [0.25, 0.3) is 0 Å². The lowest BCUT2D eigenvalue weighted by Gasteiger charge is -2.06. The van der Waals surface area contributed by atoms with E-state index in [0.717, 1.165) is 16.0 Å². The van der Waals surface area contributed by atoms with Gasteiger partial charge in [-0.05, 0) is 47.2 Å². The lowest BCUT2D eigenvalue weighted by Crippen LogP contribution is -2.24. The molecule has 0 aliphatic carbocycles. The van der Waals surface area contributed by atoms with Crippen LogP contribution in [0.4, 0.5) is 5.82 Å². The van der Waals surface area contributed by atoms with E-state index in [9.17, 15) is 0 Å². The number of nitrogens with one attached hydrogen (secondary N) is 2. The zero-order chi connectivity index (χ0) is 9.84. The Bertz CT molecular complexity index is 327. The Balaban J connectivity index is 2.79. The molecule has 0 amide bonds. The molecule has 0 spiro atoms. The Morgan fingerprint density at radius 1 is 1.54 bits per heavy atom. The SMILES string of the molecule is CNC(=S)Nc1ccc(Br)c(C)n1. The van der Waals surface area contributed by atoms with Crippen LogP contribution < -0.4 is 10.6 Å². The molecule has 1 heterocycles. The number of thiocarbonyl (C=S) groups is 1. The smallest absolute Gasteiger partial charge is 0.171 e. The van der Waals surface area contributed by atoms with Gasteiger partial charge < -0.3 is 10.6 Å². The van der Waals surface area contributed by atoms with E-state index in [2.05, 4.69) is 31.5 Å². The van der Waals surface area contributed by atoms with Crippen LogP contribution in [0.25, 0.3) is 0 Å². The first-order valence-electron chi connectivity index (χ1n) is 3.75. The summed E-state index contributed by atoms with van der Waals surface area (Å²) in [5, 5.41) is 6.33. The van der Waals surface area contributed by atoms with Crippen LogP contribution in [-0.2, 0) is 0 Å². The van der Waals surface area contributed by atoms with Gasteiger partial charge in [-0.15, -0.1) is 0 Å². The van der Waals surface area contributed by atoms with Crippen molar-refractivity contribution in [3.63, 3.8) is 0 Å². The highest BCUT2D eigenvalue weighted by Gasteiger charge is 1.99. The number of halogens is 1. The fourth-order valence-corrected chi connectivity index (χ4v) is 1.12. The first-order valence-corrected chi connectivity index (χ1v) is 4.95. The van der Waals surface area contributed by atoms with Gasteiger partial charge >= 0.3 is 0 Å². The van der Waals surface area contributed by atoms with E-state index >= 15 is 0 Å². The third kappa shape index (κ3) is 2.93. The highest BCUT2D eigenvalue weighted by atomic mass is 79.9. The topological polar surface area (TPSA) is 37.0 Å². The summed E-state index contributed by atoms with van der Waals surface area (Å²) in [7, 11) is 1.76. The number of nitrogens with zero attached hydrogens (tertiary/aromatic N) is 1. The molecular weight excluding hydrogens is 250 g/mol. The standard InChI is InChI=1S/C8H10BrN3S/c1-5-6(9)3-4-7(11-5)12-8(13)10-2/h3-4H,1-2H3,(H2,10,11,12,13). The van der Waals surface area contributed by atoms with Crippen molar-refractivity contribution in [1.82, 2.24) is 10.3 Å². The van der Waals surface area contributed by atoms with Gasteiger partial charge in [0, 0.05) is 11.5 Å². The van der Waals surface area contributed by atoms with Crippen molar-refractivity contribution in [2.75, 3.05) is 12.4 Å². The fourth-order valence-electron chi connectivity index (χ4n) is 0.792. The molecule has 13 heavy (non-hydrogen) atoms. The molecule has 5 heteroatoms. The number of hydrogen-bond acceptors (Lipinski definition) is 2. The van der Waals surface area contributed by atoms with Crippen molar-refractivity contribution in [2.24, 2.45) is 0 Å². The minimum absolute atomic E-state index is 0.564. The minimum Gasteiger partial charge on any atom is -0.365 e. The molecule has 0 bridgehead atoms. The van der Waals surface area contributed by atoms with E-state index in [1.54, 1.807) is 7.05 Å². The second-order valence-corrected chi connectivity index (χ2v) is 3.73. The molecule has 2 N–H and O–H groups in total. The second kappa shape index (κ2) is 4.53. The summed E-state index contributed by atoms with van der Waals surface area (Å²) in [6.07, 6.45) is 0. The third-order valence-electron chi connectivity index (χ3n) is 1.49. The van der Waals surface area contributed by atoms with Crippen LogP contribution in [0.2, 0.25) is 0 Å². The van der Waals surface area contributed by atoms with Gasteiger partial charge in [0.05, 0.1) is 5.69 Å². The summed E-state index contributed by atoms with van der Waals surface area (Å²) in [5.74, 6) is 0.750. The highest BCUT2D eigenvalue weighted by molar-refractivity contribution is 9.10. The summed E-state index contributed by atoms with van der Waals surface area (Å²) >= 11 is 8.31. The summed E-state index contributed by atoms with van der Waals surface area (Å²) in [6, 6.07) is 3.80. The minimum atomic E-state index is 0.564. The summed E-state index contributed by atoms with van der Waals surface area (Å²) in [4.78, 5) is 4.28. The van der Waals surface area contributed by atoms with Gasteiger partial charge in [-0.2, -0.15) is 0 Å². The maximum atomic E-state index is 4.94. The first-order chi connectivity index (χ1) is 6.13. The van der Waals surface area contributed by atoms with Gasteiger partial charge in [-0.25, -0.2) is 4.98 Å². The molecule has 0 aliphatic rings. The Morgan fingerprint density at radius 2 is 2.23 bits per heavy atom. The quantitative estimate of drug-likeness (QED) is 0.758. The van der Waals surface area contributed by atoms with Gasteiger partial charge in [0.1, 0.15) is 5.82 Å². The van der Waals surface area contributed by atoms with Gasteiger partial charge in [-0.3, -0.25) is 0 Å². The van der Waals surface area contributed by atoms with Crippen molar-refractivity contribution in [3.05, 3.63) is 22.3 Å². The monoisotopic (exact) mass is 259 g/mol. The van der Waals surface area contributed by atoms with Crippen molar-refractivity contribution >= 4 is 39.1 Å². The van der Waals surface area contributed by atoms with Gasteiger partial charge in [-0.1, -0.05) is 0 Å². The normalized spacial score (nSPS) is 9.46. The van der Waals surface area contributed by atoms with Crippen molar-refractivity contribution in [2.45, 2.75) is 6.92 Å². The summed E-state index contributed by atoms with van der Waals surface area (Å²) < 4.78 is 0.994. The molecule has 1 aromatic heterocycles. The number of hydrogen-bond donors (Lipinski definition) is 2. The number of rotatable bonds is 1. The van der Waals surface area contributed by atoms with Gasteiger partial charge in [0.15, 0.2) is 5.11 Å². The second-order valence-electron chi connectivity index (χ2n) is 2.47. The van der Waals surface area contributed by atoms with Crippen LogP contribution in [0.1, 0.15) is 5.69 Å². The molecule has 0 saturated carbocycles. The van der Waals surface area contributed by atoms with Gasteiger partial charge in [0.2, 0.25) is 0 Å². The summed E-state index contributed by atoms with van der Waals surface area (Å²) in [6.45, 7) is 1.93. The molecule has 3 nitrogen and oxygen atoms in total. The van der Waals surface area contributed by atoms with Crippen LogP contribution in [0.3, 0.4) is 0 Å². The predicted molar refractivity (Wildman–Crippen MR) is 62.0 cm³/mol. The summed E-state index contributed by atoms with van der Waals surface area (Å²) in [5.41, 5.74) is 0.934. The largest absolute Gasteiger partial charge is 0.365 e. The third-order valence-corrected chi connectivity index (χ3v) is 2.63. The Labute approximate surface area is 91.1 Å². The number of aromatic nitrogens is 1. The average molecular weight is 260 g/mol. The van der Waals surface area contributed by atoms with Crippen LogP contribution in [0.15, 0.2) is 16.6 Å². The Kier molecular flexibility index (Phi) is 3.62. The molecule has 0 saturated heterocycles. The van der Waals surface area contributed by atoms with Crippen LogP contribution in [-0.4, -0.2) is 17.1 Å². The maximum absolute atomic E-state index is 4.94. The zero-order valence-corrected chi connectivity index (χ0v) is 9.79. The molecule has 0 fully saturated rings. The van der Waals surface area contributed by atoms with E-state index < -0.39 is 0 Å². The van der Waals surface area contributed by atoms with Crippen LogP contribution >= 0.6 is 28.1 Å². The number of pyridine rings is 1. The van der Waals surface area contributed by atoms with Crippen molar-refractivity contribution < 1.29 is 0 Å². The molecule has 0 atom stereocenters. The van der Waals surface area contributed by atoms with E-state index in [1.807, 2.05) is 19.1 Å². The number of aryl methyl sites for hydroxylation is 1. The maximum Gasteiger partial charge on any atom is 0.171 e. The van der Waals surface area contributed by atoms with E-state index in [1.165, 1.54) is 0 Å². The zero-order valence-electron chi connectivity index (χ0n) is 7.39. The highest BCUT2D eigenvalue weighted by Crippen LogP contribution is 2.15. The van der Waals surface area contributed by atoms with E-state index in [0.29, 0.717) is 5.11 Å². The molecule has 0 unspecified atom stereocenters.